The maximum absolute atomic E-state index is 13.8. The summed E-state index contributed by atoms with van der Waals surface area (Å²) in [6.45, 7) is 0.697. The number of methoxy groups -OCH3 is 1. The van der Waals surface area contributed by atoms with Crippen LogP contribution in [0, 0.1) is 0 Å². The number of amides is 1. The summed E-state index contributed by atoms with van der Waals surface area (Å²) >= 11 is 5.93. The zero-order valence-corrected chi connectivity index (χ0v) is 22.3. The Balaban J connectivity index is 1.56. The van der Waals surface area contributed by atoms with Crippen LogP contribution in [-0.4, -0.2) is 17.6 Å². The van der Waals surface area contributed by atoms with Crippen molar-refractivity contribution < 1.29 is 27.1 Å². The standard InChI is InChI=1S/C31H26ClF3N2O3/c1-39-22-11-8-20(9-12-22)18-37-19-26(24-6-2-3-7-29(24)37)25(16-30(38)36-17-23-5-4-14-40-23)21-10-13-28(32)27(15-21)31(33,34)35/h2-15,19,25H,16-18H2,1H3,(H,36,38). The Morgan fingerprint density at radius 3 is 2.52 bits per heavy atom. The van der Waals surface area contributed by atoms with Crippen molar-refractivity contribution in [1.82, 2.24) is 9.88 Å². The normalized spacial score (nSPS) is 12.4. The molecule has 0 saturated heterocycles. The van der Waals surface area contributed by atoms with Crippen molar-refractivity contribution in [3.05, 3.63) is 124 Å². The lowest BCUT2D eigenvalue weighted by molar-refractivity contribution is -0.137. The minimum atomic E-state index is -4.64. The van der Waals surface area contributed by atoms with E-state index in [4.69, 9.17) is 20.8 Å². The van der Waals surface area contributed by atoms with E-state index in [1.165, 1.54) is 12.3 Å². The molecule has 0 fully saturated rings. The van der Waals surface area contributed by atoms with Crippen molar-refractivity contribution in [3.8, 4) is 5.75 Å². The van der Waals surface area contributed by atoms with Crippen LogP contribution in [0.2, 0.25) is 5.02 Å². The molecule has 1 unspecified atom stereocenters. The number of halogens is 4. The number of fused-ring (bicyclic) bond motifs is 1. The smallest absolute Gasteiger partial charge is 0.417 e. The first-order chi connectivity index (χ1) is 19.2. The molecule has 9 heteroatoms. The molecule has 0 aliphatic carbocycles. The highest BCUT2D eigenvalue weighted by Gasteiger charge is 2.34. The molecule has 5 aromatic rings. The number of ether oxygens (including phenoxy) is 1. The second kappa shape index (κ2) is 11.5. The van der Waals surface area contributed by atoms with Gasteiger partial charge in [0.05, 0.1) is 30.5 Å². The average molecular weight is 567 g/mol. The predicted molar refractivity (Wildman–Crippen MR) is 148 cm³/mol. The van der Waals surface area contributed by atoms with E-state index >= 15 is 0 Å². The van der Waals surface area contributed by atoms with Crippen LogP contribution in [0.5, 0.6) is 5.75 Å². The fraction of sp³-hybridized carbons (Fsp3) is 0.194. The number of hydrogen-bond donors (Lipinski definition) is 1. The van der Waals surface area contributed by atoms with Gasteiger partial charge < -0.3 is 19.0 Å². The Kier molecular flexibility index (Phi) is 7.89. The van der Waals surface area contributed by atoms with E-state index < -0.39 is 17.7 Å². The van der Waals surface area contributed by atoms with E-state index in [0.29, 0.717) is 17.9 Å². The van der Waals surface area contributed by atoms with E-state index in [2.05, 4.69) is 5.32 Å². The van der Waals surface area contributed by atoms with Crippen LogP contribution >= 0.6 is 11.6 Å². The summed E-state index contributed by atoms with van der Waals surface area (Å²) in [4.78, 5) is 13.1. The summed E-state index contributed by atoms with van der Waals surface area (Å²) in [5, 5.41) is 3.28. The molecule has 0 spiro atoms. The second-order valence-electron chi connectivity index (χ2n) is 9.43. The molecule has 0 aliphatic rings. The van der Waals surface area contributed by atoms with Gasteiger partial charge in [0, 0.05) is 36.0 Å². The van der Waals surface area contributed by atoms with E-state index in [-0.39, 0.29) is 23.9 Å². The number of nitrogens with zero attached hydrogens (tertiary/aromatic N) is 1. The summed E-state index contributed by atoms with van der Waals surface area (Å²) in [7, 11) is 1.60. The molecule has 0 bridgehead atoms. The number of hydrogen-bond acceptors (Lipinski definition) is 3. The molecule has 3 aromatic carbocycles. The zero-order chi connectivity index (χ0) is 28.3. The fourth-order valence-electron chi connectivity index (χ4n) is 4.85. The molecule has 2 heterocycles. The van der Waals surface area contributed by atoms with Gasteiger partial charge in [-0.2, -0.15) is 13.2 Å². The van der Waals surface area contributed by atoms with Gasteiger partial charge in [0.2, 0.25) is 5.91 Å². The van der Waals surface area contributed by atoms with Crippen LogP contribution in [-0.2, 0) is 24.1 Å². The van der Waals surface area contributed by atoms with Gasteiger partial charge in [-0.15, -0.1) is 0 Å². The number of alkyl halides is 3. The Labute approximate surface area is 234 Å². The second-order valence-corrected chi connectivity index (χ2v) is 9.83. The highest BCUT2D eigenvalue weighted by molar-refractivity contribution is 6.31. The summed E-state index contributed by atoms with van der Waals surface area (Å²) in [6.07, 6.45) is -1.28. The molecular weight excluding hydrogens is 541 g/mol. The summed E-state index contributed by atoms with van der Waals surface area (Å²) in [5.74, 6) is 0.325. The molecule has 0 aliphatic heterocycles. The fourth-order valence-corrected chi connectivity index (χ4v) is 5.08. The monoisotopic (exact) mass is 566 g/mol. The predicted octanol–water partition coefficient (Wildman–Crippen LogP) is 7.80. The van der Waals surface area contributed by atoms with Crippen LogP contribution in [0.4, 0.5) is 13.2 Å². The third-order valence-electron chi connectivity index (χ3n) is 6.83. The molecule has 0 saturated carbocycles. The van der Waals surface area contributed by atoms with Crippen LogP contribution in [0.15, 0.2) is 95.7 Å². The van der Waals surface area contributed by atoms with Gasteiger partial charge in [-0.3, -0.25) is 4.79 Å². The highest BCUT2D eigenvalue weighted by Crippen LogP contribution is 2.40. The van der Waals surface area contributed by atoms with Crippen LogP contribution in [0.25, 0.3) is 10.9 Å². The minimum absolute atomic E-state index is 0.0732. The van der Waals surface area contributed by atoms with Crippen molar-refractivity contribution in [2.75, 3.05) is 7.11 Å². The highest BCUT2D eigenvalue weighted by atomic mass is 35.5. The number of rotatable bonds is 9. The minimum Gasteiger partial charge on any atom is -0.497 e. The number of carbonyl (C=O) groups is 1. The summed E-state index contributed by atoms with van der Waals surface area (Å²) in [5.41, 5.74) is 2.07. The van der Waals surface area contributed by atoms with E-state index in [1.807, 2.05) is 59.3 Å². The first-order valence-electron chi connectivity index (χ1n) is 12.6. The molecule has 40 heavy (non-hydrogen) atoms. The molecule has 5 nitrogen and oxygen atoms in total. The van der Waals surface area contributed by atoms with Gasteiger partial charge in [-0.1, -0.05) is 48.0 Å². The maximum Gasteiger partial charge on any atom is 0.417 e. The van der Waals surface area contributed by atoms with Gasteiger partial charge in [0.15, 0.2) is 0 Å². The first kappa shape index (κ1) is 27.4. The van der Waals surface area contributed by atoms with E-state index in [0.717, 1.165) is 33.8 Å². The largest absolute Gasteiger partial charge is 0.497 e. The van der Waals surface area contributed by atoms with Crippen molar-refractivity contribution in [3.63, 3.8) is 0 Å². The molecular formula is C31H26ClF3N2O3. The van der Waals surface area contributed by atoms with Crippen LogP contribution in [0.1, 0.15) is 40.4 Å². The lowest BCUT2D eigenvalue weighted by atomic mass is 9.87. The third kappa shape index (κ3) is 6.02. The van der Waals surface area contributed by atoms with Gasteiger partial charge >= 0.3 is 6.18 Å². The zero-order valence-electron chi connectivity index (χ0n) is 21.5. The molecule has 2 aromatic heterocycles. The summed E-state index contributed by atoms with van der Waals surface area (Å²) < 4.78 is 54.0. The van der Waals surface area contributed by atoms with Gasteiger partial charge in [-0.25, -0.2) is 0 Å². The topological polar surface area (TPSA) is 56.4 Å². The van der Waals surface area contributed by atoms with Gasteiger partial charge in [0.25, 0.3) is 0 Å². The van der Waals surface area contributed by atoms with E-state index in [9.17, 15) is 18.0 Å². The number of aromatic nitrogens is 1. The molecule has 1 N–H and O–H groups in total. The van der Waals surface area contributed by atoms with Crippen LogP contribution < -0.4 is 10.1 Å². The number of benzene rings is 3. The number of furan rings is 1. The molecule has 1 amide bonds. The quantitative estimate of drug-likeness (QED) is 0.198. The Hall–Kier alpha value is -4.17. The van der Waals surface area contributed by atoms with E-state index in [1.54, 1.807) is 25.3 Å². The Morgan fingerprint density at radius 2 is 1.82 bits per heavy atom. The lowest BCUT2D eigenvalue weighted by Gasteiger charge is -2.19. The van der Waals surface area contributed by atoms with Crippen molar-refractivity contribution in [1.29, 1.82) is 0 Å². The van der Waals surface area contributed by atoms with Crippen LogP contribution in [0.3, 0.4) is 0 Å². The van der Waals surface area contributed by atoms with Gasteiger partial charge in [-0.05, 0) is 59.2 Å². The molecule has 206 valence electrons. The average Bonchev–Trinajstić information content (AvgIpc) is 3.59. The van der Waals surface area contributed by atoms with Crippen molar-refractivity contribution in [2.45, 2.75) is 31.6 Å². The number of carbonyl (C=O) groups excluding carboxylic acids is 1. The Bertz CT molecular complexity index is 1610. The third-order valence-corrected chi connectivity index (χ3v) is 7.16. The Morgan fingerprint density at radius 1 is 1.05 bits per heavy atom. The molecule has 1 atom stereocenters. The van der Waals surface area contributed by atoms with Gasteiger partial charge in [0.1, 0.15) is 11.5 Å². The maximum atomic E-state index is 13.8. The summed E-state index contributed by atoms with van der Waals surface area (Å²) in [6, 6.07) is 22.6. The molecule has 0 radical (unpaired) electrons. The van der Waals surface area contributed by atoms with Crippen molar-refractivity contribution >= 4 is 28.4 Å². The first-order valence-corrected chi connectivity index (χ1v) is 13.0. The molecule has 5 rings (SSSR count). The number of nitrogens with one attached hydrogen (secondary N) is 1. The lowest BCUT2D eigenvalue weighted by Crippen LogP contribution is -2.25. The number of para-hydroxylation sites is 1. The van der Waals surface area contributed by atoms with Crippen molar-refractivity contribution in [2.24, 2.45) is 0 Å². The SMILES string of the molecule is COc1ccc(Cn2cc(C(CC(=O)NCc3ccco3)c3ccc(Cl)c(C(F)(F)F)c3)c3ccccc32)cc1.